The number of piperidine rings is 2. The summed E-state index contributed by atoms with van der Waals surface area (Å²) in [7, 11) is 0. The average Bonchev–Trinajstić information content (AvgIpc) is 3.54. The molecule has 0 spiro atoms. The van der Waals surface area contributed by atoms with Crippen molar-refractivity contribution in [1.82, 2.24) is 30.4 Å². The molecule has 0 unspecified atom stereocenters. The van der Waals surface area contributed by atoms with E-state index in [4.69, 9.17) is 4.98 Å². The van der Waals surface area contributed by atoms with Crippen LogP contribution in [0.15, 0.2) is 24.3 Å². The van der Waals surface area contributed by atoms with E-state index in [2.05, 4.69) is 42.1 Å². The maximum atomic E-state index is 16.5. The Morgan fingerprint density at radius 1 is 1.02 bits per heavy atom. The lowest BCUT2D eigenvalue weighted by Gasteiger charge is -2.46. The van der Waals surface area contributed by atoms with Crippen molar-refractivity contribution in [2.75, 3.05) is 31.1 Å². The SMILES string of the molecule is Oc1cc(-c2nnc3c(N4C[C@@H]5CC[C@H]4CN5)nc(C#C[C@@]45CCCN4C[C@H](F)C5)nc3c2F)c2c(F)c(F)ccc2c1. The van der Waals surface area contributed by atoms with Gasteiger partial charge < -0.3 is 15.3 Å². The first-order valence-corrected chi connectivity index (χ1v) is 14.6. The minimum absolute atomic E-state index is 0.0660. The number of anilines is 1. The first-order chi connectivity index (χ1) is 20.8. The highest BCUT2D eigenvalue weighted by molar-refractivity contribution is 5.99. The molecule has 2 N–H and O–H groups in total. The van der Waals surface area contributed by atoms with E-state index in [1.54, 1.807) is 0 Å². The van der Waals surface area contributed by atoms with Crippen molar-refractivity contribution < 1.29 is 22.7 Å². The third-order valence-corrected chi connectivity index (χ3v) is 9.41. The molecule has 0 aliphatic carbocycles. The molecular formula is C31H27F4N7O. The van der Waals surface area contributed by atoms with E-state index in [0.29, 0.717) is 25.3 Å². The number of phenolic OH excluding ortho intramolecular Hbond substituents is 1. The molecule has 0 saturated carbocycles. The molecule has 2 aromatic heterocycles. The molecule has 9 rings (SSSR count). The Morgan fingerprint density at radius 2 is 1.91 bits per heavy atom. The number of halogens is 4. The van der Waals surface area contributed by atoms with Gasteiger partial charge in [0.15, 0.2) is 28.8 Å². The van der Waals surface area contributed by atoms with Crippen LogP contribution in [0.3, 0.4) is 0 Å². The van der Waals surface area contributed by atoms with Crippen LogP contribution in [-0.4, -0.2) is 80.1 Å². The van der Waals surface area contributed by atoms with Crippen LogP contribution in [0, 0.1) is 29.3 Å². The van der Waals surface area contributed by atoms with E-state index in [1.165, 1.54) is 12.1 Å². The summed E-state index contributed by atoms with van der Waals surface area (Å²) in [5, 5.41) is 22.2. The van der Waals surface area contributed by atoms with Gasteiger partial charge in [-0.25, -0.2) is 27.5 Å². The summed E-state index contributed by atoms with van der Waals surface area (Å²) in [6.45, 7) is 2.48. The lowest BCUT2D eigenvalue weighted by molar-refractivity contribution is 0.255. The van der Waals surface area contributed by atoms with E-state index in [9.17, 15) is 13.9 Å². The number of hydrogen-bond donors (Lipinski definition) is 2. The largest absolute Gasteiger partial charge is 0.508 e. The van der Waals surface area contributed by atoms with Gasteiger partial charge in [-0.05, 0) is 61.7 Å². The summed E-state index contributed by atoms with van der Waals surface area (Å²) in [5.41, 5.74) is -1.19. The summed E-state index contributed by atoms with van der Waals surface area (Å²) in [4.78, 5) is 13.4. The second-order valence-corrected chi connectivity index (χ2v) is 12.0. The lowest BCUT2D eigenvalue weighted by atomic mass is 9.93. The van der Waals surface area contributed by atoms with Crippen LogP contribution >= 0.6 is 0 Å². The van der Waals surface area contributed by atoms with E-state index in [0.717, 1.165) is 50.9 Å². The van der Waals surface area contributed by atoms with Crippen molar-refractivity contribution in [3.63, 3.8) is 0 Å². The normalized spacial score (nSPS) is 26.7. The predicted octanol–water partition coefficient (Wildman–Crippen LogP) is 4.23. The van der Waals surface area contributed by atoms with Crippen LogP contribution in [0.1, 0.15) is 37.9 Å². The molecule has 43 heavy (non-hydrogen) atoms. The van der Waals surface area contributed by atoms with Gasteiger partial charge in [0, 0.05) is 49.1 Å². The monoisotopic (exact) mass is 589 g/mol. The van der Waals surface area contributed by atoms with Gasteiger partial charge in [0.1, 0.15) is 23.1 Å². The molecule has 5 aliphatic heterocycles. The van der Waals surface area contributed by atoms with Crippen molar-refractivity contribution in [3.05, 3.63) is 47.5 Å². The summed E-state index contributed by atoms with van der Waals surface area (Å²) in [6.07, 6.45) is 2.93. The van der Waals surface area contributed by atoms with Crippen molar-refractivity contribution >= 4 is 27.6 Å². The van der Waals surface area contributed by atoms with Gasteiger partial charge in [0.05, 0.1) is 5.54 Å². The molecule has 0 radical (unpaired) electrons. The maximum absolute atomic E-state index is 16.5. The van der Waals surface area contributed by atoms with E-state index in [-0.39, 0.29) is 56.7 Å². The van der Waals surface area contributed by atoms with Crippen LogP contribution in [0.5, 0.6) is 5.75 Å². The fourth-order valence-corrected chi connectivity index (χ4v) is 7.37. The Kier molecular flexibility index (Phi) is 6.00. The van der Waals surface area contributed by atoms with E-state index in [1.807, 2.05) is 0 Å². The number of nitrogens with zero attached hydrogens (tertiary/aromatic N) is 6. The third kappa shape index (κ3) is 4.20. The molecule has 2 aromatic carbocycles. The summed E-state index contributed by atoms with van der Waals surface area (Å²) in [5.74, 6) is 3.25. The predicted molar refractivity (Wildman–Crippen MR) is 152 cm³/mol. The van der Waals surface area contributed by atoms with Crippen LogP contribution in [-0.2, 0) is 0 Å². The number of hydrogen-bond acceptors (Lipinski definition) is 8. The number of aromatic nitrogens is 4. The summed E-state index contributed by atoms with van der Waals surface area (Å²) in [6, 6.07) is 4.97. The number of piperazine rings is 1. The molecule has 5 fully saturated rings. The Balaban J connectivity index is 1.33. The molecule has 7 heterocycles. The standard InChI is InChI=1S/C31H27F4N7O/c32-17-12-31(7-1-9-41(31)14-17)8-6-23-37-28-26(35)27(21-11-20(43)10-16-2-5-22(33)25(34)24(16)21)39-40-29(28)30(38-23)42-15-18-3-4-19(42)13-36-18/h2,5,10-11,17-19,36,43H,1,3-4,7,9,12-15H2/t17-,18+,19+,31-/m1/s1. The zero-order valence-electron chi connectivity index (χ0n) is 23.0. The van der Waals surface area contributed by atoms with Gasteiger partial charge in [-0.2, -0.15) is 0 Å². The smallest absolute Gasteiger partial charge is 0.207 e. The molecule has 8 nitrogen and oxygen atoms in total. The minimum atomic E-state index is -1.19. The van der Waals surface area contributed by atoms with Crippen molar-refractivity contribution in [1.29, 1.82) is 0 Å². The second kappa shape index (κ2) is 9.72. The molecule has 4 aromatic rings. The van der Waals surface area contributed by atoms with Crippen LogP contribution in [0.25, 0.3) is 33.1 Å². The number of alkyl halides is 1. The number of fused-ring (bicyclic) bond motifs is 6. The molecule has 5 saturated heterocycles. The number of benzene rings is 2. The first-order valence-electron chi connectivity index (χ1n) is 14.6. The lowest BCUT2D eigenvalue weighted by Crippen LogP contribution is -2.61. The topological polar surface area (TPSA) is 90.3 Å². The van der Waals surface area contributed by atoms with Crippen LogP contribution < -0.4 is 10.2 Å². The fourth-order valence-electron chi connectivity index (χ4n) is 7.37. The number of rotatable bonds is 2. The van der Waals surface area contributed by atoms with Gasteiger partial charge in [-0.3, -0.25) is 4.90 Å². The van der Waals surface area contributed by atoms with E-state index < -0.39 is 29.2 Å². The minimum Gasteiger partial charge on any atom is -0.508 e. The molecular weight excluding hydrogens is 562 g/mol. The fraction of sp³-hybridized carbons (Fsp3) is 0.419. The average molecular weight is 590 g/mol. The number of nitrogens with one attached hydrogen (secondary N) is 1. The molecule has 4 atom stereocenters. The Labute approximate surface area is 244 Å². The number of phenols is 1. The summed E-state index contributed by atoms with van der Waals surface area (Å²) >= 11 is 0. The van der Waals surface area contributed by atoms with Gasteiger partial charge in [-0.1, -0.05) is 12.0 Å². The van der Waals surface area contributed by atoms with Gasteiger partial charge >= 0.3 is 0 Å². The highest BCUT2D eigenvalue weighted by atomic mass is 19.2. The zero-order chi connectivity index (χ0) is 29.5. The van der Waals surface area contributed by atoms with Gasteiger partial charge in [0.25, 0.3) is 0 Å². The van der Waals surface area contributed by atoms with Crippen LogP contribution in [0.2, 0.25) is 0 Å². The Morgan fingerprint density at radius 3 is 2.70 bits per heavy atom. The zero-order valence-corrected chi connectivity index (χ0v) is 23.0. The van der Waals surface area contributed by atoms with Crippen LogP contribution in [0.4, 0.5) is 23.4 Å². The van der Waals surface area contributed by atoms with Crippen molar-refractivity contribution in [2.45, 2.75) is 55.9 Å². The number of aromatic hydroxyl groups is 1. The van der Waals surface area contributed by atoms with E-state index >= 15 is 8.78 Å². The first kappa shape index (κ1) is 26.5. The molecule has 12 heteroatoms. The van der Waals surface area contributed by atoms with Gasteiger partial charge in [0.2, 0.25) is 5.82 Å². The molecule has 220 valence electrons. The highest BCUT2D eigenvalue weighted by Crippen LogP contribution is 2.40. The molecule has 5 aliphatic rings. The van der Waals surface area contributed by atoms with Crippen molar-refractivity contribution in [3.8, 4) is 28.8 Å². The Hall–Kier alpha value is -4.08. The Bertz CT molecular complexity index is 1870. The second-order valence-electron chi connectivity index (χ2n) is 12.0. The maximum Gasteiger partial charge on any atom is 0.207 e. The third-order valence-electron chi connectivity index (χ3n) is 9.41. The quantitative estimate of drug-likeness (QED) is 0.265. The van der Waals surface area contributed by atoms with Crippen molar-refractivity contribution in [2.24, 2.45) is 0 Å². The van der Waals surface area contributed by atoms with Gasteiger partial charge in [-0.15, -0.1) is 10.2 Å². The highest BCUT2D eigenvalue weighted by Gasteiger charge is 2.47. The summed E-state index contributed by atoms with van der Waals surface area (Å²) < 4.78 is 60.2. The molecule has 0 amide bonds. The molecule has 2 bridgehead atoms.